The first-order valence-electron chi connectivity index (χ1n) is 5.52. The minimum atomic E-state index is -0.0912. The molecule has 0 bridgehead atoms. The molecule has 0 unspecified atom stereocenters. The number of hydrogen-bond acceptors (Lipinski definition) is 3. The first kappa shape index (κ1) is 11.4. The number of aromatic nitrogens is 4. The molecule has 2 N–H and O–H groups in total. The Bertz CT molecular complexity index is 488. The van der Waals surface area contributed by atoms with E-state index in [2.05, 4.69) is 27.1 Å². The summed E-state index contributed by atoms with van der Waals surface area (Å²) in [6.45, 7) is 2.06. The third-order valence-electron chi connectivity index (χ3n) is 2.60. The third-order valence-corrected chi connectivity index (χ3v) is 2.60. The van der Waals surface area contributed by atoms with Crippen molar-refractivity contribution in [2.45, 2.75) is 19.8 Å². The van der Waals surface area contributed by atoms with Gasteiger partial charge in [-0.2, -0.15) is 5.10 Å². The zero-order valence-electron chi connectivity index (χ0n) is 9.90. The van der Waals surface area contributed by atoms with Gasteiger partial charge in [0.2, 0.25) is 0 Å². The lowest BCUT2D eigenvalue weighted by molar-refractivity contribution is 0.0991. The molecule has 6 heteroatoms. The molecule has 1 amide bonds. The Hall–Kier alpha value is -2.11. The second kappa shape index (κ2) is 4.82. The van der Waals surface area contributed by atoms with Gasteiger partial charge in [0.25, 0.3) is 5.91 Å². The molecule has 2 heterocycles. The maximum atomic E-state index is 12.2. The molecule has 0 aliphatic carbocycles. The average molecular weight is 233 g/mol. The summed E-state index contributed by atoms with van der Waals surface area (Å²) in [5.41, 5.74) is 1.49. The van der Waals surface area contributed by atoms with E-state index in [1.807, 2.05) is 0 Å². The van der Waals surface area contributed by atoms with Crippen molar-refractivity contribution in [3.63, 3.8) is 0 Å². The quantitative estimate of drug-likeness (QED) is 0.837. The van der Waals surface area contributed by atoms with Crippen LogP contribution >= 0.6 is 0 Å². The summed E-state index contributed by atoms with van der Waals surface area (Å²) < 4.78 is 0. The number of aryl methyl sites for hydroxylation is 1. The van der Waals surface area contributed by atoms with Crippen molar-refractivity contribution in [1.29, 1.82) is 0 Å². The fourth-order valence-corrected chi connectivity index (χ4v) is 1.66. The summed E-state index contributed by atoms with van der Waals surface area (Å²) in [4.78, 5) is 20.5. The molecule has 0 spiro atoms. The molecule has 2 aromatic heterocycles. The van der Waals surface area contributed by atoms with Gasteiger partial charge >= 0.3 is 0 Å². The van der Waals surface area contributed by atoms with Crippen LogP contribution in [0.4, 0.5) is 5.82 Å². The van der Waals surface area contributed by atoms with E-state index in [4.69, 9.17) is 0 Å². The second-order valence-electron chi connectivity index (χ2n) is 3.81. The highest BCUT2D eigenvalue weighted by atomic mass is 16.2. The molecule has 6 nitrogen and oxygen atoms in total. The van der Waals surface area contributed by atoms with Crippen LogP contribution in [0.1, 0.15) is 29.4 Å². The Morgan fingerprint density at radius 2 is 2.29 bits per heavy atom. The van der Waals surface area contributed by atoms with Crippen molar-refractivity contribution in [3.8, 4) is 0 Å². The number of H-pyrrole nitrogens is 2. The van der Waals surface area contributed by atoms with Crippen molar-refractivity contribution in [1.82, 2.24) is 20.2 Å². The third kappa shape index (κ3) is 2.20. The SMILES string of the molecule is CCCc1[nH]ncc1C(=O)N(C)c1cnc[nH]1. The highest BCUT2D eigenvalue weighted by Crippen LogP contribution is 2.14. The number of hydrogen-bond donors (Lipinski definition) is 2. The van der Waals surface area contributed by atoms with Gasteiger partial charge < -0.3 is 4.98 Å². The number of carbonyl (C=O) groups is 1. The molecule has 0 atom stereocenters. The molecule has 90 valence electrons. The molecule has 0 fully saturated rings. The number of carbonyl (C=O) groups excluding carboxylic acids is 1. The lowest BCUT2D eigenvalue weighted by Crippen LogP contribution is -2.27. The molecule has 2 rings (SSSR count). The fraction of sp³-hybridized carbons (Fsp3) is 0.364. The first-order chi connectivity index (χ1) is 8.24. The minimum absolute atomic E-state index is 0.0912. The van der Waals surface area contributed by atoms with Crippen molar-refractivity contribution in [2.75, 3.05) is 11.9 Å². The van der Waals surface area contributed by atoms with Gasteiger partial charge in [0.15, 0.2) is 0 Å². The zero-order valence-corrected chi connectivity index (χ0v) is 9.90. The van der Waals surface area contributed by atoms with Gasteiger partial charge in [-0.15, -0.1) is 0 Å². The maximum Gasteiger partial charge on any atom is 0.262 e. The lowest BCUT2D eigenvalue weighted by atomic mass is 10.1. The summed E-state index contributed by atoms with van der Waals surface area (Å²) >= 11 is 0. The van der Waals surface area contributed by atoms with Crippen molar-refractivity contribution < 1.29 is 4.79 Å². The number of rotatable bonds is 4. The van der Waals surface area contributed by atoms with E-state index in [0.29, 0.717) is 11.4 Å². The standard InChI is InChI=1S/C11H15N5O/c1-3-4-9-8(5-14-15-9)11(17)16(2)10-6-12-7-13-10/h5-7H,3-4H2,1-2H3,(H,12,13)(H,14,15). The summed E-state index contributed by atoms with van der Waals surface area (Å²) in [6.07, 6.45) is 6.51. The largest absolute Gasteiger partial charge is 0.331 e. The van der Waals surface area contributed by atoms with E-state index in [0.717, 1.165) is 18.5 Å². The zero-order chi connectivity index (χ0) is 12.3. The molecule has 17 heavy (non-hydrogen) atoms. The fourth-order valence-electron chi connectivity index (χ4n) is 1.66. The topological polar surface area (TPSA) is 77.7 Å². The normalized spacial score (nSPS) is 10.5. The molecule has 0 aliphatic heterocycles. The summed E-state index contributed by atoms with van der Waals surface area (Å²) in [6, 6.07) is 0. The number of amides is 1. The number of nitrogens with one attached hydrogen (secondary N) is 2. The van der Waals surface area contributed by atoms with Crippen molar-refractivity contribution in [2.24, 2.45) is 0 Å². The minimum Gasteiger partial charge on any atom is -0.331 e. The highest BCUT2D eigenvalue weighted by Gasteiger charge is 2.19. The summed E-state index contributed by atoms with van der Waals surface area (Å²) in [5.74, 6) is 0.574. The monoisotopic (exact) mass is 233 g/mol. The number of aromatic amines is 2. The summed E-state index contributed by atoms with van der Waals surface area (Å²) in [5, 5.41) is 6.79. The first-order valence-corrected chi connectivity index (χ1v) is 5.52. The van der Waals surface area contributed by atoms with Gasteiger partial charge in [0.1, 0.15) is 5.82 Å². The van der Waals surface area contributed by atoms with Gasteiger partial charge in [-0.1, -0.05) is 13.3 Å². The van der Waals surface area contributed by atoms with Crippen LogP contribution in [0.25, 0.3) is 0 Å². The van der Waals surface area contributed by atoms with Crippen molar-refractivity contribution >= 4 is 11.7 Å². The Morgan fingerprint density at radius 3 is 2.94 bits per heavy atom. The molecule has 0 saturated heterocycles. The van der Waals surface area contributed by atoms with Crippen LogP contribution in [0.15, 0.2) is 18.7 Å². The Morgan fingerprint density at radius 1 is 1.47 bits per heavy atom. The molecular formula is C11H15N5O. The predicted octanol–water partition coefficient (Wildman–Crippen LogP) is 1.36. The smallest absolute Gasteiger partial charge is 0.262 e. The van der Waals surface area contributed by atoms with Crippen molar-refractivity contribution in [3.05, 3.63) is 30.0 Å². The van der Waals surface area contributed by atoms with E-state index in [1.54, 1.807) is 25.8 Å². The number of nitrogens with zero attached hydrogens (tertiary/aromatic N) is 3. The van der Waals surface area contributed by atoms with Gasteiger partial charge in [-0.3, -0.25) is 14.8 Å². The number of anilines is 1. The van der Waals surface area contributed by atoms with Crippen LogP contribution in [-0.4, -0.2) is 33.1 Å². The Kier molecular flexibility index (Phi) is 3.22. The summed E-state index contributed by atoms with van der Waals surface area (Å²) in [7, 11) is 1.71. The average Bonchev–Trinajstić information content (AvgIpc) is 2.98. The Balaban J connectivity index is 2.22. The molecule has 0 aromatic carbocycles. The maximum absolute atomic E-state index is 12.2. The van der Waals surface area contributed by atoms with Crippen LogP contribution in [0.5, 0.6) is 0 Å². The van der Waals surface area contributed by atoms with E-state index in [-0.39, 0.29) is 5.91 Å². The van der Waals surface area contributed by atoms with Gasteiger partial charge in [-0.25, -0.2) is 4.98 Å². The van der Waals surface area contributed by atoms with Crippen LogP contribution in [0.3, 0.4) is 0 Å². The predicted molar refractivity (Wildman–Crippen MR) is 63.9 cm³/mol. The van der Waals surface area contributed by atoms with E-state index in [9.17, 15) is 4.79 Å². The van der Waals surface area contributed by atoms with Crippen LogP contribution in [-0.2, 0) is 6.42 Å². The molecular weight excluding hydrogens is 218 g/mol. The van der Waals surface area contributed by atoms with Crippen LogP contribution in [0, 0.1) is 0 Å². The van der Waals surface area contributed by atoms with Gasteiger partial charge in [0, 0.05) is 12.7 Å². The van der Waals surface area contributed by atoms with Gasteiger partial charge in [0.05, 0.1) is 24.3 Å². The molecule has 2 aromatic rings. The Labute approximate surface area is 99.1 Å². The molecule has 0 saturated carbocycles. The second-order valence-corrected chi connectivity index (χ2v) is 3.81. The van der Waals surface area contributed by atoms with Crippen LogP contribution < -0.4 is 4.90 Å². The van der Waals surface area contributed by atoms with E-state index < -0.39 is 0 Å². The molecule has 0 radical (unpaired) electrons. The number of imidazole rings is 1. The molecule has 0 aliphatic rings. The van der Waals surface area contributed by atoms with Crippen LogP contribution in [0.2, 0.25) is 0 Å². The van der Waals surface area contributed by atoms with E-state index in [1.165, 1.54) is 4.90 Å². The highest BCUT2D eigenvalue weighted by molar-refractivity contribution is 6.05. The lowest BCUT2D eigenvalue weighted by Gasteiger charge is -2.14. The van der Waals surface area contributed by atoms with E-state index >= 15 is 0 Å². The van der Waals surface area contributed by atoms with Gasteiger partial charge in [-0.05, 0) is 6.42 Å².